The molecule has 148 valence electrons. The predicted octanol–water partition coefficient (Wildman–Crippen LogP) is 3.46. The Morgan fingerprint density at radius 3 is 2.93 bits per heavy atom. The quantitative estimate of drug-likeness (QED) is 0.746. The van der Waals surface area contributed by atoms with Gasteiger partial charge in [0.2, 0.25) is 0 Å². The number of aromatic nitrogens is 1. The van der Waals surface area contributed by atoms with Gasteiger partial charge in [0.15, 0.2) is 0 Å². The number of aryl methyl sites for hydroxylation is 2. The third kappa shape index (κ3) is 4.59. The van der Waals surface area contributed by atoms with Crippen LogP contribution in [-0.4, -0.2) is 41.8 Å². The first kappa shape index (κ1) is 20.0. The molecule has 0 saturated heterocycles. The number of amides is 1. The first-order valence-corrected chi connectivity index (χ1v) is 10.5. The van der Waals surface area contributed by atoms with E-state index in [1.807, 2.05) is 26.2 Å². The Hall–Kier alpha value is -1.70. The van der Waals surface area contributed by atoms with Crippen molar-refractivity contribution in [1.82, 2.24) is 15.4 Å². The fraction of sp³-hybridized carbons (Fsp3) is 0.600. The van der Waals surface area contributed by atoms with Gasteiger partial charge in [0.25, 0.3) is 5.91 Å². The minimum absolute atomic E-state index is 0.0184. The molecule has 1 aliphatic rings. The van der Waals surface area contributed by atoms with E-state index in [1.54, 1.807) is 11.3 Å². The minimum Gasteiger partial charge on any atom is -0.377 e. The Morgan fingerprint density at radius 1 is 1.44 bits per heavy atom. The molecule has 0 saturated carbocycles. The van der Waals surface area contributed by atoms with Gasteiger partial charge in [-0.3, -0.25) is 9.69 Å². The van der Waals surface area contributed by atoms with Crippen LogP contribution in [0.5, 0.6) is 0 Å². The van der Waals surface area contributed by atoms with E-state index < -0.39 is 0 Å². The number of nitrogens with zero attached hydrogens (tertiary/aromatic N) is 2. The fourth-order valence-corrected chi connectivity index (χ4v) is 4.64. The zero-order valence-corrected chi connectivity index (χ0v) is 17.4. The van der Waals surface area contributed by atoms with Gasteiger partial charge in [0.1, 0.15) is 5.76 Å². The van der Waals surface area contributed by atoms with E-state index in [9.17, 15) is 4.79 Å². The molecule has 1 N–H and O–H groups in total. The summed E-state index contributed by atoms with van der Waals surface area (Å²) in [5.74, 6) is 0.911. The number of nitrogens with one attached hydrogen (secondary N) is 1. The van der Waals surface area contributed by atoms with Crippen LogP contribution in [0.15, 0.2) is 9.90 Å². The van der Waals surface area contributed by atoms with Crippen LogP contribution in [0, 0.1) is 13.8 Å². The third-order valence-electron chi connectivity index (χ3n) is 5.18. The standard InChI is InChI=1S/C20H29N3O3S/c1-5-15(25-6-2)9-21-20(24)18-12-27-19-11-23(8-7-16(18)19)10-17-13(3)22-26-14(17)4/h12,15H,5-11H2,1-4H3,(H,21,24)/t15-/m1/s1. The highest BCUT2D eigenvalue weighted by atomic mass is 32.1. The summed E-state index contributed by atoms with van der Waals surface area (Å²) < 4.78 is 10.9. The second-order valence-electron chi connectivity index (χ2n) is 7.01. The first-order valence-electron chi connectivity index (χ1n) is 9.66. The molecular formula is C20H29N3O3S. The molecule has 1 aliphatic heterocycles. The van der Waals surface area contributed by atoms with Gasteiger partial charge in [-0.2, -0.15) is 0 Å². The third-order valence-corrected chi connectivity index (χ3v) is 6.20. The van der Waals surface area contributed by atoms with Crippen LogP contribution in [0.1, 0.15) is 58.1 Å². The van der Waals surface area contributed by atoms with Gasteiger partial charge in [0.05, 0.1) is 17.4 Å². The maximum absolute atomic E-state index is 12.6. The first-order chi connectivity index (χ1) is 13.0. The topological polar surface area (TPSA) is 67.6 Å². The second kappa shape index (κ2) is 8.99. The number of carbonyl (C=O) groups excluding carboxylic acids is 1. The lowest BCUT2D eigenvalue weighted by molar-refractivity contribution is 0.0568. The number of hydrogen-bond acceptors (Lipinski definition) is 6. The SMILES string of the molecule is CCO[C@H](CC)CNC(=O)c1csc2c1CCN(Cc1c(C)noc1C)C2. The molecule has 1 atom stereocenters. The van der Waals surface area contributed by atoms with E-state index in [0.717, 1.165) is 49.5 Å². The van der Waals surface area contributed by atoms with Gasteiger partial charge in [-0.15, -0.1) is 11.3 Å². The average Bonchev–Trinajstić information content (AvgIpc) is 3.23. The minimum atomic E-state index is 0.0184. The van der Waals surface area contributed by atoms with Crippen molar-refractivity contribution in [2.75, 3.05) is 19.7 Å². The summed E-state index contributed by atoms with van der Waals surface area (Å²) >= 11 is 1.68. The van der Waals surface area contributed by atoms with E-state index >= 15 is 0 Å². The van der Waals surface area contributed by atoms with Crippen LogP contribution in [0.3, 0.4) is 0 Å². The lowest BCUT2D eigenvalue weighted by Gasteiger charge is -2.27. The van der Waals surface area contributed by atoms with Crippen LogP contribution in [0.25, 0.3) is 0 Å². The van der Waals surface area contributed by atoms with Crippen molar-refractivity contribution in [3.05, 3.63) is 38.4 Å². The van der Waals surface area contributed by atoms with E-state index in [1.165, 1.54) is 16.0 Å². The molecule has 1 amide bonds. The molecule has 2 aromatic heterocycles. The van der Waals surface area contributed by atoms with Crippen LogP contribution in [0.4, 0.5) is 0 Å². The average molecular weight is 392 g/mol. The highest BCUT2D eigenvalue weighted by Crippen LogP contribution is 2.30. The maximum atomic E-state index is 12.6. The number of ether oxygens (including phenoxy) is 1. The number of hydrogen-bond donors (Lipinski definition) is 1. The number of carbonyl (C=O) groups is 1. The maximum Gasteiger partial charge on any atom is 0.252 e. The van der Waals surface area contributed by atoms with Crippen molar-refractivity contribution in [3.8, 4) is 0 Å². The smallest absolute Gasteiger partial charge is 0.252 e. The predicted molar refractivity (Wildman–Crippen MR) is 106 cm³/mol. The summed E-state index contributed by atoms with van der Waals surface area (Å²) in [6.45, 7) is 11.9. The van der Waals surface area contributed by atoms with Gasteiger partial charge in [-0.25, -0.2) is 0 Å². The van der Waals surface area contributed by atoms with Crippen LogP contribution < -0.4 is 5.32 Å². The lowest BCUT2D eigenvalue weighted by atomic mass is 10.0. The van der Waals surface area contributed by atoms with Crippen LogP contribution >= 0.6 is 11.3 Å². The Morgan fingerprint density at radius 2 is 2.26 bits per heavy atom. The summed E-state index contributed by atoms with van der Waals surface area (Å²) in [4.78, 5) is 16.3. The Kier molecular flexibility index (Phi) is 6.68. The monoisotopic (exact) mass is 391 g/mol. The molecule has 0 aliphatic carbocycles. The highest BCUT2D eigenvalue weighted by Gasteiger charge is 2.25. The van der Waals surface area contributed by atoms with Crippen LogP contribution in [-0.2, 0) is 24.2 Å². The van der Waals surface area contributed by atoms with Gasteiger partial charge in [0, 0.05) is 48.6 Å². The molecule has 7 heteroatoms. The largest absolute Gasteiger partial charge is 0.377 e. The molecule has 0 bridgehead atoms. The second-order valence-corrected chi connectivity index (χ2v) is 7.97. The van der Waals surface area contributed by atoms with Gasteiger partial charge < -0.3 is 14.6 Å². The molecule has 0 aromatic carbocycles. The van der Waals surface area contributed by atoms with Crippen molar-refractivity contribution in [2.45, 2.75) is 59.7 Å². The van der Waals surface area contributed by atoms with Gasteiger partial charge >= 0.3 is 0 Å². The van der Waals surface area contributed by atoms with E-state index in [4.69, 9.17) is 9.26 Å². The number of fused-ring (bicyclic) bond motifs is 1. The molecule has 0 radical (unpaired) electrons. The zero-order valence-electron chi connectivity index (χ0n) is 16.6. The Labute approximate surface area is 164 Å². The van der Waals surface area contributed by atoms with E-state index in [-0.39, 0.29) is 12.0 Å². The van der Waals surface area contributed by atoms with Crippen molar-refractivity contribution in [3.63, 3.8) is 0 Å². The van der Waals surface area contributed by atoms with Crippen molar-refractivity contribution >= 4 is 17.2 Å². The Balaban J connectivity index is 1.62. The summed E-state index contributed by atoms with van der Waals surface area (Å²) in [5.41, 5.74) is 4.18. The normalized spacial score (nSPS) is 15.6. The van der Waals surface area contributed by atoms with Gasteiger partial charge in [-0.1, -0.05) is 12.1 Å². The number of rotatable bonds is 8. The summed E-state index contributed by atoms with van der Waals surface area (Å²) in [6.07, 6.45) is 1.87. The summed E-state index contributed by atoms with van der Waals surface area (Å²) in [7, 11) is 0. The molecule has 2 aromatic rings. The highest BCUT2D eigenvalue weighted by molar-refractivity contribution is 7.10. The molecule has 0 spiro atoms. The van der Waals surface area contributed by atoms with E-state index in [2.05, 4.69) is 22.3 Å². The van der Waals surface area contributed by atoms with Gasteiger partial charge in [-0.05, 0) is 39.2 Å². The molecule has 3 rings (SSSR count). The van der Waals surface area contributed by atoms with Crippen molar-refractivity contribution in [2.24, 2.45) is 0 Å². The molecular weight excluding hydrogens is 362 g/mol. The molecule has 27 heavy (non-hydrogen) atoms. The van der Waals surface area contributed by atoms with Crippen molar-refractivity contribution in [1.29, 1.82) is 0 Å². The van der Waals surface area contributed by atoms with Crippen molar-refractivity contribution < 1.29 is 14.1 Å². The molecule has 6 nitrogen and oxygen atoms in total. The van der Waals surface area contributed by atoms with Crippen LogP contribution in [0.2, 0.25) is 0 Å². The summed E-state index contributed by atoms with van der Waals surface area (Å²) in [6, 6.07) is 0. The molecule has 0 fully saturated rings. The Bertz CT molecular complexity index is 764. The molecule has 0 unspecified atom stereocenters. The number of thiophene rings is 1. The van der Waals surface area contributed by atoms with E-state index in [0.29, 0.717) is 13.2 Å². The summed E-state index contributed by atoms with van der Waals surface area (Å²) in [5, 5.41) is 9.09. The lowest BCUT2D eigenvalue weighted by Crippen LogP contribution is -2.35. The zero-order chi connectivity index (χ0) is 19.4. The molecule has 3 heterocycles. The fourth-order valence-electron chi connectivity index (χ4n) is 3.52.